The number of aliphatic hydroxyl groups excluding tert-OH is 1. The van der Waals surface area contributed by atoms with Crippen molar-refractivity contribution >= 4 is 11.6 Å². The minimum Gasteiger partial charge on any atom is -0.396 e. The maximum Gasteiger partial charge on any atom is 0.0471 e. The van der Waals surface area contributed by atoms with E-state index in [0.717, 1.165) is 5.57 Å². The van der Waals surface area contributed by atoms with Crippen molar-refractivity contribution in [2.75, 3.05) is 6.61 Å². The average Bonchev–Trinajstić information content (AvgIpc) is 2.03. The van der Waals surface area contributed by atoms with Crippen molar-refractivity contribution in [3.63, 3.8) is 0 Å². The molecule has 0 bridgehead atoms. The van der Waals surface area contributed by atoms with Crippen molar-refractivity contribution in [2.45, 2.75) is 13.3 Å². The normalized spacial score (nSPS) is 13.4. The molecular weight excluding hydrogens is 160 g/mol. The van der Waals surface area contributed by atoms with Crippen LogP contribution in [0.25, 0.3) is 0 Å². The van der Waals surface area contributed by atoms with E-state index in [2.05, 4.69) is 6.58 Å². The zero-order valence-corrected chi connectivity index (χ0v) is 7.43. The Hall–Kier alpha value is -0.530. The van der Waals surface area contributed by atoms with Gasteiger partial charge >= 0.3 is 0 Å². The molecule has 0 aliphatic rings. The summed E-state index contributed by atoms with van der Waals surface area (Å²) in [7, 11) is 0. The van der Waals surface area contributed by atoms with Crippen LogP contribution in [0.15, 0.2) is 35.4 Å². The van der Waals surface area contributed by atoms with Crippen molar-refractivity contribution in [3.05, 3.63) is 35.4 Å². The zero-order chi connectivity index (χ0) is 8.69. The number of allylic oxidation sites excluding steroid dienone is 4. The summed E-state index contributed by atoms with van der Waals surface area (Å²) in [6, 6.07) is 0. The summed E-state index contributed by atoms with van der Waals surface area (Å²) in [6.45, 7) is 5.59. The van der Waals surface area contributed by atoms with E-state index in [1.54, 1.807) is 18.2 Å². The van der Waals surface area contributed by atoms with Crippen LogP contribution in [0.5, 0.6) is 0 Å². The smallest absolute Gasteiger partial charge is 0.0471 e. The second-order valence-electron chi connectivity index (χ2n) is 2.07. The van der Waals surface area contributed by atoms with Gasteiger partial charge in [0.1, 0.15) is 0 Å². The maximum absolute atomic E-state index is 8.60. The van der Waals surface area contributed by atoms with E-state index in [0.29, 0.717) is 11.5 Å². The lowest BCUT2D eigenvalue weighted by molar-refractivity contribution is 0.300. The fourth-order valence-electron chi connectivity index (χ4n) is 0.623. The summed E-state index contributed by atoms with van der Waals surface area (Å²) < 4.78 is 0. The van der Waals surface area contributed by atoms with Crippen molar-refractivity contribution in [2.24, 2.45) is 0 Å². The highest BCUT2D eigenvalue weighted by Gasteiger charge is 1.90. The Kier molecular flexibility index (Phi) is 5.90. The molecule has 0 heterocycles. The summed E-state index contributed by atoms with van der Waals surface area (Å²) in [4.78, 5) is 0. The molecule has 2 heteroatoms. The van der Waals surface area contributed by atoms with Gasteiger partial charge in [0.2, 0.25) is 0 Å². The minimum atomic E-state index is 0.131. The molecule has 11 heavy (non-hydrogen) atoms. The summed E-state index contributed by atoms with van der Waals surface area (Å²) in [5.41, 5.74) is 0.954. The van der Waals surface area contributed by atoms with Crippen LogP contribution >= 0.6 is 11.6 Å². The van der Waals surface area contributed by atoms with Crippen LogP contribution < -0.4 is 0 Å². The molecule has 0 aromatic rings. The first-order chi connectivity index (χ1) is 5.24. The van der Waals surface area contributed by atoms with Gasteiger partial charge in [-0.1, -0.05) is 30.3 Å². The highest BCUT2D eigenvalue weighted by atomic mass is 35.5. The molecule has 0 radical (unpaired) electrons. The summed E-state index contributed by atoms with van der Waals surface area (Å²) >= 11 is 5.73. The lowest BCUT2D eigenvalue weighted by Crippen LogP contribution is -1.84. The second-order valence-corrected chi connectivity index (χ2v) is 2.51. The first-order valence-corrected chi connectivity index (χ1v) is 3.88. The van der Waals surface area contributed by atoms with Crippen LogP contribution in [-0.2, 0) is 0 Å². The van der Waals surface area contributed by atoms with Crippen LogP contribution in [-0.4, -0.2) is 11.7 Å². The molecule has 0 aromatic heterocycles. The van der Waals surface area contributed by atoms with Crippen molar-refractivity contribution < 1.29 is 5.11 Å². The Morgan fingerprint density at radius 1 is 1.64 bits per heavy atom. The Morgan fingerprint density at radius 2 is 2.27 bits per heavy atom. The second kappa shape index (κ2) is 6.20. The van der Waals surface area contributed by atoms with E-state index in [-0.39, 0.29) is 6.61 Å². The fraction of sp³-hybridized carbons (Fsp3) is 0.333. The van der Waals surface area contributed by atoms with Crippen LogP contribution in [0.3, 0.4) is 0 Å². The van der Waals surface area contributed by atoms with Gasteiger partial charge in [-0.2, -0.15) is 0 Å². The topological polar surface area (TPSA) is 20.2 Å². The molecule has 0 aromatic carbocycles. The van der Waals surface area contributed by atoms with Crippen molar-refractivity contribution in [1.29, 1.82) is 0 Å². The quantitative estimate of drug-likeness (QED) is 0.647. The standard InChI is InChI=1S/C9H13ClO/c1-3-8(5-6-11)7-9(10)4-2/h3-4,7,11H,1,5-6H2,2H3/b8-7+,9-4+. The third kappa shape index (κ3) is 4.82. The van der Waals surface area contributed by atoms with Gasteiger partial charge in [0, 0.05) is 11.6 Å². The van der Waals surface area contributed by atoms with E-state index >= 15 is 0 Å². The monoisotopic (exact) mass is 172 g/mol. The lowest BCUT2D eigenvalue weighted by Gasteiger charge is -1.96. The van der Waals surface area contributed by atoms with Crippen LogP contribution in [0.2, 0.25) is 0 Å². The molecule has 0 rings (SSSR count). The van der Waals surface area contributed by atoms with Crippen LogP contribution in [0.4, 0.5) is 0 Å². The SMILES string of the molecule is C=C/C(=C\C(Cl)=C/C)CCO. The molecule has 0 saturated carbocycles. The van der Waals surface area contributed by atoms with E-state index in [1.165, 1.54) is 0 Å². The number of halogens is 1. The first kappa shape index (κ1) is 10.5. The molecule has 0 aliphatic heterocycles. The molecule has 0 fully saturated rings. The Balaban J connectivity index is 4.22. The van der Waals surface area contributed by atoms with Gasteiger partial charge in [0.15, 0.2) is 0 Å². The largest absolute Gasteiger partial charge is 0.396 e. The molecular formula is C9H13ClO. The molecule has 1 N–H and O–H groups in total. The molecule has 0 spiro atoms. The highest BCUT2D eigenvalue weighted by molar-refractivity contribution is 6.31. The summed E-state index contributed by atoms with van der Waals surface area (Å²) in [5.74, 6) is 0. The van der Waals surface area contributed by atoms with Gasteiger partial charge in [0.25, 0.3) is 0 Å². The number of rotatable bonds is 4. The molecule has 0 unspecified atom stereocenters. The molecule has 62 valence electrons. The third-order valence-corrected chi connectivity index (χ3v) is 1.59. The van der Waals surface area contributed by atoms with E-state index in [9.17, 15) is 0 Å². The number of hydrogen-bond donors (Lipinski definition) is 1. The molecule has 0 aliphatic carbocycles. The Labute approximate surface area is 72.7 Å². The van der Waals surface area contributed by atoms with Crippen LogP contribution in [0.1, 0.15) is 13.3 Å². The van der Waals surface area contributed by atoms with Gasteiger partial charge in [-0.05, 0) is 25.0 Å². The summed E-state index contributed by atoms with van der Waals surface area (Å²) in [5, 5.41) is 9.28. The molecule has 0 atom stereocenters. The molecule has 1 nitrogen and oxygen atoms in total. The first-order valence-electron chi connectivity index (χ1n) is 3.50. The summed E-state index contributed by atoms with van der Waals surface area (Å²) in [6.07, 6.45) is 5.89. The number of aliphatic hydroxyl groups is 1. The molecule has 0 saturated heterocycles. The lowest BCUT2D eigenvalue weighted by atomic mass is 10.2. The van der Waals surface area contributed by atoms with Crippen molar-refractivity contribution in [3.8, 4) is 0 Å². The van der Waals surface area contributed by atoms with Gasteiger partial charge in [0.05, 0.1) is 0 Å². The predicted octanol–water partition coefficient (Wildman–Crippen LogP) is 2.62. The fourth-order valence-corrected chi connectivity index (χ4v) is 0.763. The van der Waals surface area contributed by atoms with Gasteiger partial charge in [-0.3, -0.25) is 0 Å². The predicted molar refractivity (Wildman–Crippen MR) is 49.6 cm³/mol. The maximum atomic E-state index is 8.60. The van der Waals surface area contributed by atoms with Gasteiger partial charge in [-0.25, -0.2) is 0 Å². The van der Waals surface area contributed by atoms with Crippen molar-refractivity contribution in [1.82, 2.24) is 0 Å². The molecule has 0 amide bonds. The Morgan fingerprint density at radius 3 is 2.64 bits per heavy atom. The van der Waals surface area contributed by atoms with E-state index in [4.69, 9.17) is 16.7 Å². The van der Waals surface area contributed by atoms with E-state index in [1.807, 2.05) is 6.92 Å². The number of hydrogen-bond acceptors (Lipinski definition) is 1. The van der Waals surface area contributed by atoms with Gasteiger partial charge < -0.3 is 5.11 Å². The highest BCUT2D eigenvalue weighted by Crippen LogP contribution is 2.10. The van der Waals surface area contributed by atoms with Crippen LogP contribution in [0, 0.1) is 0 Å². The zero-order valence-electron chi connectivity index (χ0n) is 6.68. The average molecular weight is 173 g/mol. The Bertz CT molecular complexity index is 180. The van der Waals surface area contributed by atoms with Gasteiger partial charge in [-0.15, -0.1) is 0 Å². The third-order valence-electron chi connectivity index (χ3n) is 1.26. The minimum absolute atomic E-state index is 0.131. The van der Waals surface area contributed by atoms with E-state index < -0.39 is 0 Å².